The van der Waals surface area contributed by atoms with Crippen LogP contribution in [0.3, 0.4) is 0 Å². The van der Waals surface area contributed by atoms with E-state index in [1.54, 1.807) is 11.3 Å². The number of hydrogen-bond donors (Lipinski definition) is 2. The van der Waals surface area contributed by atoms with E-state index in [4.69, 9.17) is 5.73 Å². The maximum absolute atomic E-state index is 5.89. The number of benzene rings is 1. The fraction of sp³-hybridized carbons (Fsp3) is 0.286. The van der Waals surface area contributed by atoms with Crippen molar-refractivity contribution in [2.24, 2.45) is 5.73 Å². The second kappa shape index (κ2) is 6.39. The van der Waals surface area contributed by atoms with Gasteiger partial charge in [0.2, 0.25) is 0 Å². The summed E-state index contributed by atoms with van der Waals surface area (Å²) in [4.78, 5) is 1.24. The van der Waals surface area contributed by atoms with Crippen molar-refractivity contribution in [2.75, 3.05) is 11.9 Å². The van der Waals surface area contributed by atoms with Crippen LogP contribution in [0.15, 0.2) is 32.5 Å². The maximum atomic E-state index is 5.89. The summed E-state index contributed by atoms with van der Waals surface area (Å²) in [5.74, 6) is 0. The predicted molar refractivity (Wildman–Crippen MR) is 91.1 cm³/mol. The lowest BCUT2D eigenvalue weighted by Crippen LogP contribution is -2.19. The van der Waals surface area contributed by atoms with Crippen LogP contribution in [0.2, 0.25) is 0 Å². The molecule has 1 heterocycles. The Balaban J connectivity index is 2.23. The molecule has 0 aliphatic carbocycles. The average Bonchev–Trinajstić information content (AvgIpc) is 2.79. The van der Waals surface area contributed by atoms with E-state index in [0.717, 1.165) is 10.2 Å². The van der Waals surface area contributed by atoms with E-state index in [1.807, 2.05) is 0 Å². The molecule has 2 rings (SSSR count). The molecule has 0 bridgehead atoms. The van der Waals surface area contributed by atoms with Crippen LogP contribution in [0.1, 0.15) is 22.0 Å². The van der Waals surface area contributed by atoms with Crippen molar-refractivity contribution in [3.63, 3.8) is 0 Å². The molecule has 0 radical (unpaired) electrons. The summed E-state index contributed by atoms with van der Waals surface area (Å²) in [6, 6.07) is 6.55. The molecule has 1 unspecified atom stereocenters. The van der Waals surface area contributed by atoms with Crippen molar-refractivity contribution >= 4 is 48.9 Å². The Kier molecular flexibility index (Phi) is 5.06. The first kappa shape index (κ1) is 15.0. The highest BCUT2D eigenvalue weighted by atomic mass is 79.9. The Morgan fingerprint density at radius 1 is 1.21 bits per heavy atom. The van der Waals surface area contributed by atoms with E-state index in [2.05, 4.69) is 74.6 Å². The monoisotopic (exact) mass is 402 g/mol. The van der Waals surface area contributed by atoms with E-state index < -0.39 is 0 Å². The van der Waals surface area contributed by atoms with Crippen LogP contribution in [0.25, 0.3) is 0 Å². The number of nitrogens with two attached hydrogens (primary N) is 1. The zero-order valence-corrected chi connectivity index (χ0v) is 14.8. The van der Waals surface area contributed by atoms with E-state index in [1.165, 1.54) is 20.5 Å². The lowest BCUT2D eigenvalue weighted by Gasteiger charge is -2.18. The van der Waals surface area contributed by atoms with Gasteiger partial charge in [-0.25, -0.2) is 0 Å². The van der Waals surface area contributed by atoms with Crippen molar-refractivity contribution in [1.82, 2.24) is 0 Å². The first-order chi connectivity index (χ1) is 9.01. The van der Waals surface area contributed by atoms with Crippen molar-refractivity contribution < 1.29 is 0 Å². The normalized spacial score (nSPS) is 12.5. The Labute approximate surface area is 134 Å². The number of rotatable bonds is 4. The summed E-state index contributed by atoms with van der Waals surface area (Å²) in [6.45, 7) is 4.77. The Morgan fingerprint density at radius 2 is 1.84 bits per heavy atom. The molecule has 1 aromatic carbocycles. The van der Waals surface area contributed by atoms with Gasteiger partial charge in [-0.3, -0.25) is 0 Å². The number of hydrogen-bond acceptors (Lipinski definition) is 3. The lowest BCUT2D eigenvalue weighted by atomic mass is 10.1. The predicted octanol–water partition coefficient (Wildman–Crippen LogP) is 5.00. The minimum absolute atomic E-state index is 0.149. The molecule has 1 aromatic heterocycles. The van der Waals surface area contributed by atoms with Gasteiger partial charge in [0.25, 0.3) is 0 Å². The molecule has 0 spiro atoms. The summed E-state index contributed by atoms with van der Waals surface area (Å²) < 4.78 is 2.28. The summed E-state index contributed by atoms with van der Waals surface area (Å²) in [6.07, 6.45) is 0. The number of halogens is 2. The first-order valence-electron chi connectivity index (χ1n) is 5.98. The van der Waals surface area contributed by atoms with Crippen molar-refractivity contribution in [2.45, 2.75) is 19.9 Å². The molecule has 0 saturated heterocycles. The van der Waals surface area contributed by atoms with Gasteiger partial charge in [0.05, 0.1) is 6.04 Å². The molecule has 5 heteroatoms. The molecule has 0 aliphatic heterocycles. The lowest BCUT2D eigenvalue weighted by molar-refractivity contribution is 0.805. The van der Waals surface area contributed by atoms with Crippen LogP contribution in [-0.4, -0.2) is 6.54 Å². The fourth-order valence-electron chi connectivity index (χ4n) is 1.99. The Hall–Kier alpha value is -0.360. The van der Waals surface area contributed by atoms with Crippen LogP contribution < -0.4 is 11.1 Å². The molecule has 0 amide bonds. The highest BCUT2D eigenvalue weighted by Crippen LogP contribution is 2.30. The third kappa shape index (κ3) is 3.60. The van der Waals surface area contributed by atoms with Gasteiger partial charge >= 0.3 is 0 Å². The Morgan fingerprint density at radius 3 is 2.32 bits per heavy atom. The number of nitrogens with one attached hydrogen (secondary N) is 1. The van der Waals surface area contributed by atoms with Gasteiger partial charge in [-0.2, -0.15) is 0 Å². The van der Waals surface area contributed by atoms with Gasteiger partial charge in [0.1, 0.15) is 0 Å². The third-order valence-corrected chi connectivity index (χ3v) is 6.00. The summed E-state index contributed by atoms with van der Waals surface area (Å²) in [5, 5.41) is 5.59. The third-order valence-electron chi connectivity index (χ3n) is 2.94. The molecule has 0 saturated carbocycles. The standard InChI is InChI=1S/C14H16Br2N2S/c1-8-3-11(4-9(2)14(8)16)18-12(6-17)13-5-10(15)7-19-13/h3-5,7,12,18H,6,17H2,1-2H3. The SMILES string of the molecule is Cc1cc(NC(CN)c2cc(Br)cs2)cc(C)c1Br. The van der Waals surface area contributed by atoms with Gasteiger partial charge in [-0.05, 0) is 59.1 Å². The van der Waals surface area contributed by atoms with Crippen LogP contribution in [-0.2, 0) is 0 Å². The van der Waals surface area contributed by atoms with Gasteiger partial charge in [0, 0.05) is 31.4 Å². The molecule has 2 aromatic rings. The van der Waals surface area contributed by atoms with Crippen molar-refractivity contribution in [3.8, 4) is 0 Å². The maximum Gasteiger partial charge on any atom is 0.0729 e. The molecule has 3 N–H and O–H groups in total. The second-order valence-electron chi connectivity index (χ2n) is 4.52. The highest BCUT2D eigenvalue weighted by molar-refractivity contribution is 9.10. The number of thiophene rings is 1. The molecule has 1 atom stereocenters. The number of anilines is 1. The van der Waals surface area contributed by atoms with Crippen molar-refractivity contribution in [3.05, 3.63) is 48.5 Å². The second-order valence-corrected chi connectivity index (χ2v) is 7.18. The largest absolute Gasteiger partial charge is 0.376 e. The van der Waals surface area contributed by atoms with Gasteiger partial charge < -0.3 is 11.1 Å². The van der Waals surface area contributed by atoms with E-state index in [9.17, 15) is 0 Å². The average molecular weight is 404 g/mol. The van der Waals surface area contributed by atoms with E-state index >= 15 is 0 Å². The van der Waals surface area contributed by atoms with Gasteiger partial charge in [-0.1, -0.05) is 15.9 Å². The molecule has 102 valence electrons. The smallest absolute Gasteiger partial charge is 0.0729 e. The first-order valence-corrected chi connectivity index (χ1v) is 8.45. The minimum Gasteiger partial charge on any atom is -0.376 e. The molecule has 19 heavy (non-hydrogen) atoms. The van der Waals surface area contributed by atoms with Gasteiger partial charge in [-0.15, -0.1) is 11.3 Å². The van der Waals surface area contributed by atoms with Crippen LogP contribution in [0.5, 0.6) is 0 Å². The fourth-order valence-corrected chi connectivity index (χ4v) is 3.73. The van der Waals surface area contributed by atoms with E-state index in [0.29, 0.717) is 6.54 Å². The van der Waals surface area contributed by atoms with Gasteiger partial charge in [0.15, 0.2) is 0 Å². The zero-order valence-electron chi connectivity index (χ0n) is 10.8. The topological polar surface area (TPSA) is 38.0 Å². The van der Waals surface area contributed by atoms with Crippen LogP contribution >= 0.6 is 43.2 Å². The minimum atomic E-state index is 0.149. The molecule has 2 nitrogen and oxygen atoms in total. The van der Waals surface area contributed by atoms with Crippen LogP contribution in [0.4, 0.5) is 5.69 Å². The summed E-state index contributed by atoms with van der Waals surface area (Å²) >= 11 is 8.79. The highest BCUT2D eigenvalue weighted by Gasteiger charge is 2.12. The molecular formula is C14H16Br2N2S. The summed E-state index contributed by atoms with van der Waals surface area (Å²) in [5.41, 5.74) is 9.45. The van der Waals surface area contributed by atoms with Crippen LogP contribution in [0, 0.1) is 13.8 Å². The Bertz CT molecular complexity index is 558. The zero-order chi connectivity index (χ0) is 14.0. The molecular weight excluding hydrogens is 388 g/mol. The summed E-state index contributed by atoms with van der Waals surface area (Å²) in [7, 11) is 0. The molecule has 0 fully saturated rings. The molecule has 0 aliphatic rings. The van der Waals surface area contributed by atoms with Crippen molar-refractivity contribution in [1.29, 1.82) is 0 Å². The number of aryl methyl sites for hydroxylation is 2. The quantitative estimate of drug-likeness (QED) is 0.753. The van der Waals surface area contributed by atoms with E-state index in [-0.39, 0.29) is 6.04 Å².